The lowest BCUT2D eigenvalue weighted by Gasteiger charge is -2.19. The van der Waals surface area contributed by atoms with Gasteiger partial charge in [-0.3, -0.25) is 4.79 Å². The van der Waals surface area contributed by atoms with Gasteiger partial charge in [-0.25, -0.2) is 0 Å². The van der Waals surface area contributed by atoms with Gasteiger partial charge in [-0.2, -0.15) is 5.26 Å². The van der Waals surface area contributed by atoms with Crippen molar-refractivity contribution in [1.29, 1.82) is 5.26 Å². The maximum Gasteiger partial charge on any atom is 0.309 e. The summed E-state index contributed by atoms with van der Waals surface area (Å²) in [5.41, 5.74) is -0.716. The minimum Gasteiger partial charge on any atom is -0.508 e. The Hall–Kier alpha value is -2.22. The number of hydrogen-bond acceptors (Lipinski definition) is 4. The van der Waals surface area contributed by atoms with Gasteiger partial charge in [0.1, 0.15) is 17.6 Å². The van der Waals surface area contributed by atoms with E-state index < -0.39 is 11.4 Å². The molecule has 0 spiro atoms. The quantitative estimate of drug-likeness (QED) is 0.738. The third-order valence-corrected chi connectivity index (χ3v) is 2.53. The summed E-state index contributed by atoms with van der Waals surface area (Å²) in [6.07, 6.45) is 0.0725. The van der Waals surface area contributed by atoms with E-state index in [2.05, 4.69) is 0 Å². The van der Waals surface area contributed by atoms with Gasteiger partial charge in [0.05, 0.1) is 11.0 Å². The van der Waals surface area contributed by atoms with Gasteiger partial charge in [0.15, 0.2) is 0 Å². The van der Waals surface area contributed by atoms with E-state index in [-0.39, 0.29) is 23.5 Å². The van der Waals surface area contributed by atoms with Crippen LogP contribution in [0.25, 0.3) is 0 Å². The van der Waals surface area contributed by atoms with Crippen LogP contribution >= 0.6 is 0 Å². The number of rotatable bonds is 3. The summed E-state index contributed by atoms with van der Waals surface area (Å²) in [5.74, 6) is -1.53. The normalized spacial score (nSPS) is 10.9. The number of hydrogen-bond donors (Lipinski definition) is 3. The number of carbonyl (C=O) groups is 1. The van der Waals surface area contributed by atoms with Gasteiger partial charge >= 0.3 is 5.97 Å². The molecule has 0 aliphatic rings. The van der Waals surface area contributed by atoms with E-state index in [1.54, 1.807) is 6.07 Å². The van der Waals surface area contributed by atoms with Crippen LogP contribution in [0, 0.1) is 16.7 Å². The molecule has 0 aliphatic heterocycles. The van der Waals surface area contributed by atoms with Crippen molar-refractivity contribution in [3.8, 4) is 17.6 Å². The third kappa shape index (κ3) is 2.67. The predicted octanol–water partition coefficient (Wildman–Crippen LogP) is 1.62. The van der Waals surface area contributed by atoms with Crippen LogP contribution in [0.5, 0.6) is 11.5 Å². The Kier molecular flexibility index (Phi) is 3.28. The zero-order chi connectivity index (χ0) is 13.2. The van der Waals surface area contributed by atoms with Crippen LogP contribution < -0.4 is 0 Å². The van der Waals surface area contributed by atoms with Gasteiger partial charge in [-0.1, -0.05) is 0 Å². The van der Waals surface area contributed by atoms with Gasteiger partial charge in [-0.15, -0.1) is 0 Å². The molecule has 0 saturated heterocycles. The number of nitrogens with zero attached hydrogens (tertiary/aromatic N) is 1. The highest BCUT2D eigenvalue weighted by molar-refractivity contribution is 5.74. The van der Waals surface area contributed by atoms with Crippen molar-refractivity contribution in [3.63, 3.8) is 0 Å². The Labute approximate surface area is 98.6 Å². The van der Waals surface area contributed by atoms with Crippen LogP contribution in [0.1, 0.15) is 25.0 Å². The molecular formula is C12H13NO4. The zero-order valence-electron chi connectivity index (χ0n) is 9.56. The number of phenolic OH excluding ortho intramolecular Hbond substituents is 2. The molecule has 5 nitrogen and oxygen atoms in total. The highest BCUT2D eigenvalue weighted by atomic mass is 16.4. The lowest BCUT2D eigenvalue weighted by atomic mass is 9.85. The molecule has 1 rings (SSSR count). The highest BCUT2D eigenvalue weighted by Gasteiger charge is 2.28. The van der Waals surface area contributed by atoms with Crippen LogP contribution in [0.3, 0.4) is 0 Å². The van der Waals surface area contributed by atoms with Crippen molar-refractivity contribution < 1.29 is 20.1 Å². The second-order valence-electron chi connectivity index (χ2n) is 4.48. The number of aromatic hydroxyl groups is 2. The van der Waals surface area contributed by atoms with Crippen molar-refractivity contribution in [2.45, 2.75) is 20.3 Å². The molecule has 0 bridgehead atoms. The molecule has 0 saturated carbocycles. The molecule has 90 valence electrons. The number of phenols is 2. The Balaban J connectivity index is 3.17. The van der Waals surface area contributed by atoms with Crippen molar-refractivity contribution in [2.75, 3.05) is 0 Å². The summed E-state index contributed by atoms with van der Waals surface area (Å²) in [4.78, 5) is 11.0. The molecule has 0 heterocycles. The van der Waals surface area contributed by atoms with Crippen LogP contribution in [-0.4, -0.2) is 21.3 Å². The SMILES string of the molecule is CC(C)(Cc1cc(C#N)c(O)cc1O)C(=O)O. The molecule has 1 aromatic carbocycles. The lowest BCUT2D eigenvalue weighted by Crippen LogP contribution is -2.26. The Morgan fingerprint density at radius 3 is 2.41 bits per heavy atom. The van der Waals surface area contributed by atoms with Crippen molar-refractivity contribution in [1.82, 2.24) is 0 Å². The molecular weight excluding hydrogens is 222 g/mol. The topological polar surface area (TPSA) is 102 Å². The largest absolute Gasteiger partial charge is 0.508 e. The fraction of sp³-hybridized carbons (Fsp3) is 0.333. The van der Waals surface area contributed by atoms with Crippen molar-refractivity contribution in [3.05, 3.63) is 23.3 Å². The van der Waals surface area contributed by atoms with Crippen LogP contribution in [0.4, 0.5) is 0 Å². The number of carboxylic acids is 1. The van der Waals surface area contributed by atoms with E-state index in [1.165, 1.54) is 19.9 Å². The van der Waals surface area contributed by atoms with Crippen LogP contribution in [0.15, 0.2) is 12.1 Å². The van der Waals surface area contributed by atoms with Gasteiger partial charge in [-0.05, 0) is 31.9 Å². The highest BCUT2D eigenvalue weighted by Crippen LogP contribution is 2.32. The van der Waals surface area contributed by atoms with Gasteiger partial charge in [0.25, 0.3) is 0 Å². The minimum absolute atomic E-state index is 0.0130. The average molecular weight is 235 g/mol. The fourth-order valence-corrected chi connectivity index (χ4v) is 1.40. The fourth-order valence-electron chi connectivity index (χ4n) is 1.40. The van der Waals surface area contributed by atoms with Crippen molar-refractivity contribution in [2.24, 2.45) is 5.41 Å². The molecule has 0 aliphatic carbocycles. The first-order valence-corrected chi connectivity index (χ1v) is 4.96. The summed E-state index contributed by atoms with van der Waals surface area (Å²) in [5, 5.41) is 36.6. The Morgan fingerprint density at radius 2 is 1.94 bits per heavy atom. The maximum atomic E-state index is 11.0. The first-order chi connectivity index (χ1) is 7.77. The van der Waals surface area contributed by atoms with Crippen molar-refractivity contribution >= 4 is 5.97 Å². The molecule has 3 N–H and O–H groups in total. The Morgan fingerprint density at radius 1 is 1.35 bits per heavy atom. The smallest absolute Gasteiger partial charge is 0.309 e. The minimum atomic E-state index is -1.05. The van der Waals surface area contributed by atoms with Crippen LogP contribution in [0.2, 0.25) is 0 Å². The second kappa shape index (κ2) is 4.34. The summed E-state index contributed by atoms with van der Waals surface area (Å²) in [7, 11) is 0. The summed E-state index contributed by atoms with van der Waals surface area (Å²) >= 11 is 0. The van der Waals surface area contributed by atoms with Gasteiger partial charge in [0.2, 0.25) is 0 Å². The maximum absolute atomic E-state index is 11.0. The molecule has 0 unspecified atom stereocenters. The second-order valence-corrected chi connectivity index (χ2v) is 4.48. The Bertz CT molecular complexity index is 500. The molecule has 0 radical (unpaired) electrons. The van der Waals surface area contributed by atoms with E-state index in [0.29, 0.717) is 5.56 Å². The molecule has 1 aromatic rings. The molecule has 0 fully saturated rings. The number of nitriles is 1. The van der Waals surface area contributed by atoms with E-state index in [4.69, 9.17) is 10.4 Å². The number of aliphatic carboxylic acids is 1. The molecule has 0 aromatic heterocycles. The molecule has 0 amide bonds. The summed E-state index contributed by atoms with van der Waals surface area (Å²) in [6, 6.07) is 4.12. The van der Waals surface area contributed by atoms with Gasteiger partial charge < -0.3 is 15.3 Å². The summed E-state index contributed by atoms with van der Waals surface area (Å²) < 4.78 is 0. The van der Waals surface area contributed by atoms with E-state index in [1.807, 2.05) is 0 Å². The molecule has 5 heteroatoms. The summed E-state index contributed by atoms with van der Waals surface area (Å²) in [6.45, 7) is 3.04. The van der Waals surface area contributed by atoms with E-state index >= 15 is 0 Å². The zero-order valence-corrected chi connectivity index (χ0v) is 9.56. The average Bonchev–Trinajstić information content (AvgIpc) is 2.21. The first-order valence-electron chi connectivity index (χ1n) is 4.96. The predicted molar refractivity (Wildman–Crippen MR) is 59.6 cm³/mol. The van der Waals surface area contributed by atoms with Crippen LogP contribution in [-0.2, 0) is 11.2 Å². The molecule has 17 heavy (non-hydrogen) atoms. The van der Waals surface area contributed by atoms with E-state index in [0.717, 1.165) is 6.07 Å². The van der Waals surface area contributed by atoms with Gasteiger partial charge in [0, 0.05) is 6.07 Å². The standard InChI is InChI=1S/C12H13NO4/c1-12(2,11(16)17)5-7-3-8(6-13)10(15)4-9(7)14/h3-4,14-15H,5H2,1-2H3,(H,16,17). The molecule has 0 atom stereocenters. The monoisotopic (exact) mass is 235 g/mol. The van der Waals surface area contributed by atoms with E-state index in [9.17, 15) is 15.0 Å². The third-order valence-electron chi connectivity index (χ3n) is 2.53. The number of carboxylic acid groups (broad SMARTS) is 1. The lowest BCUT2D eigenvalue weighted by molar-refractivity contribution is -0.146. The first kappa shape index (κ1) is 12.8. The number of benzene rings is 1.